The molecule has 0 radical (unpaired) electrons. The van der Waals surface area contributed by atoms with E-state index in [1.165, 1.54) is 71.1 Å². The second-order valence-electron chi connectivity index (χ2n) is 7.47. The highest BCUT2D eigenvalue weighted by molar-refractivity contribution is 4.90. The average Bonchev–Trinajstić information content (AvgIpc) is 2.42. The van der Waals surface area contributed by atoms with Crippen molar-refractivity contribution in [2.75, 3.05) is 26.2 Å². The van der Waals surface area contributed by atoms with E-state index >= 15 is 0 Å². The van der Waals surface area contributed by atoms with Gasteiger partial charge in [-0.1, -0.05) is 32.6 Å². The molecule has 2 heteroatoms. The predicted molar refractivity (Wildman–Crippen MR) is 81.4 cm³/mol. The van der Waals surface area contributed by atoms with Gasteiger partial charge in [-0.2, -0.15) is 0 Å². The topological polar surface area (TPSA) is 6.48 Å². The van der Waals surface area contributed by atoms with E-state index in [2.05, 4.69) is 23.6 Å². The van der Waals surface area contributed by atoms with Crippen molar-refractivity contribution < 1.29 is 0 Å². The third kappa shape index (κ3) is 3.16. The highest BCUT2D eigenvalue weighted by atomic mass is 15.3. The van der Waals surface area contributed by atoms with Crippen LogP contribution in [0.25, 0.3) is 0 Å². The number of piperazine rings is 1. The zero-order valence-corrected chi connectivity index (χ0v) is 13.0. The summed E-state index contributed by atoms with van der Waals surface area (Å²) in [6.07, 6.45) is 10.3. The zero-order chi connectivity index (χ0) is 13.2. The van der Waals surface area contributed by atoms with Gasteiger partial charge >= 0.3 is 0 Å². The van der Waals surface area contributed by atoms with Crippen molar-refractivity contribution in [3.63, 3.8) is 0 Å². The Hall–Kier alpha value is -0.0800. The Morgan fingerprint density at radius 3 is 2.53 bits per heavy atom. The molecule has 4 unspecified atom stereocenters. The molecular weight excluding hydrogens is 232 g/mol. The molecule has 3 rings (SSSR count). The molecule has 2 aliphatic heterocycles. The predicted octanol–water partition coefficient (Wildman–Crippen LogP) is 3.37. The first-order valence-corrected chi connectivity index (χ1v) is 8.72. The van der Waals surface area contributed by atoms with Crippen molar-refractivity contribution in [3.05, 3.63) is 0 Å². The minimum absolute atomic E-state index is 0.781. The highest BCUT2D eigenvalue weighted by Gasteiger charge is 2.34. The molecule has 0 N–H and O–H groups in total. The Bertz CT molecular complexity index is 291. The number of nitrogens with zero attached hydrogens (tertiary/aromatic N) is 2. The minimum atomic E-state index is 0.781. The van der Waals surface area contributed by atoms with Crippen LogP contribution in [0.3, 0.4) is 0 Å². The van der Waals surface area contributed by atoms with E-state index in [0.717, 1.165) is 23.9 Å². The summed E-state index contributed by atoms with van der Waals surface area (Å²) in [6, 6.07) is 1.66. The maximum absolute atomic E-state index is 2.83. The first kappa shape index (κ1) is 13.9. The van der Waals surface area contributed by atoms with Crippen molar-refractivity contribution in [2.24, 2.45) is 11.8 Å². The van der Waals surface area contributed by atoms with Crippen molar-refractivity contribution in [2.45, 2.75) is 70.9 Å². The van der Waals surface area contributed by atoms with Gasteiger partial charge in [0.2, 0.25) is 0 Å². The zero-order valence-electron chi connectivity index (χ0n) is 13.0. The van der Waals surface area contributed by atoms with Crippen LogP contribution in [0.5, 0.6) is 0 Å². The van der Waals surface area contributed by atoms with Crippen LogP contribution in [0.1, 0.15) is 58.8 Å². The number of hydrogen-bond donors (Lipinski definition) is 0. The number of hydrogen-bond acceptors (Lipinski definition) is 2. The summed E-state index contributed by atoms with van der Waals surface area (Å²) in [4.78, 5) is 5.61. The largest absolute Gasteiger partial charge is 0.298 e. The highest BCUT2D eigenvalue weighted by Crippen LogP contribution is 2.32. The van der Waals surface area contributed by atoms with Crippen LogP contribution >= 0.6 is 0 Å². The standard InChI is InChI=1S/C17H32N2/c1-14-7-3-4-8-16(14)12-19-13-17-9-5-6-10-18(17)11-15(19)2/h14-17H,3-13H2,1-2H3. The van der Waals surface area contributed by atoms with E-state index < -0.39 is 0 Å². The maximum Gasteiger partial charge on any atom is 0.0223 e. The molecule has 1 saturated carbocycles. The fourth-order valence-electron chi connectivity index (χ4n) is 4.63. The first-order valence-electron chi connectivity index (χ1n) is 8.72. The molecule has 2 saturated heterocycles. The van der Waals surface area contributed by atoms with E-state index in [0.29, 0.717) is 0 Å². The maximum atomic E-state index is 2.83. The fraction of sp³-hybridized carbons (Fsp3) is 1.00. The molecule has 110 valence electrons. The molecule has 19 heavy (non-hydrogen) atoms. The van der Waals surface area contributed by atoms with Crippen molar-refractivity contribution in [1.29, 1.82) is 0 Å². The molecule has 0 spiro atoms. The molecule has 0 aromatic carbocycles. The molecule has 3 fully saturated rings. The van der Waals surface area contributed by atoms with Crippen molar-refractivity contribution in [1.82, 2.24) is 9.80 Å². The molecule has 4 atom stereocenters. The second kappa shape index (κ2) is 6.13. The van der Waals surface area contributed by atoms with Crippen molar-refractivity contribution >= 4 is 0 Å². The van der Waals surface area contributed by atoms with E-state index in [1.807, 2.05) is 0 Å². The molecule has 0 bridgehead atoms. The van der Waals surface area contributed by atoms with Gasteiger partial charge in [0.05, 0.1) is 0 Å². The molecule has 1 aliphatic carbocycles. The smallest absolute Gasteiger partial charge is 0.0223 e. The van der Waals surface area contributed by atoms with E-state index in [-0.39, 0.29) is 0 Å². The Morgan fingerprint density at radius 1 is 0.895 bits per heavy atom. The molecular formula is C17H32N2. The van der Waals surface area contributed by atoms with Gasteiger partial charge in [0.15, 0.2) is 0 Å². The van der Waals surface area contributed by atoms with Gasteiger partial charge in [-0.05, 0) is 44.6 Å². The molecule has 0 aromatic rings. The third-order valence-corrected chi connectivity index (χ3v) is 6.07. The molecule has 2 nitrogen and oxygen atoms in total. The third-order valence-electron chi connectivity index (χ3n) is 6.07. The lowest BCUT2D eigenvalue weighted by atomic mass is 9.79. The first-order chi connectivity index (χ1) is 9.24. The summed E-state index contributed by atoms with van der Waals surface area (Å²) in [7, 11) is 0. The summed E-state index contributed by atoms with van der Waals surface area (Å²) < 4.78 is 0. The second-order valence-corrected chi connectivity index (χ2v) is 7.47. The quantitative estimate of drug-likeness (QED) is 0.754. The summed E-state index contributed by atoms with van der Waals surface area (Å²) >= 11 is 0. The number of rotatable bonds is 2. The SMILES string of the molecule is CC1CCCCC1CN1CC2CCCCN2CC1C. The van der Waals surface area contributed by atoms with Crippen LogP contribution in [-0.2, 0) is 0 Å². The lowest BCUT2D eigenvalue weighted by Crippen LogP contribution is -2.59. The normalized spacial score (nSPS) is 42.0. The monoisotopic (exact) mass is 264 g/mol. The molecule has 0 amide bonds. The van der Waals surface area contributed by atoms with Crippen LogP contribution in [0.2, 0.25) is 0 Å². The van der Waals surface area contributed by atoms with Gasteiger partial charge in [0.1, 0.15) is 0 Å². The van der Waals surface area contributed by atoms with Crippen LogP contribution in [0.15, 0.2) is 0 Å². The lowest BCUT2D eigenvalue weighted by molar-refractivity contribution is 0.0000136. The van der Waals surface area contributed by atoms with Crippen molar-refractivity contribution in [3.8, 4) is 0 Å². The summed E-state index contributed by atoms with van der Waals surface area (Å²) in [5.74, 6) is 1.94. The Morgan fingerprint density at radius 2 is 1.68 bits per heavy atom. The number of fused-ring (bicyclic) bond motifs is 1. The minimum Gasteiger partial charge on any atom is -0.298 e. The van der Waals surface area contributed by atoms with Crippen LogP contribution in [-0.4, -0.2) is 48.1 Å². The van der Waals surface area contributed by atoms with E-state index in [9.17, 15) is 0 Å². The van der Waals surface area contributed by atoms with E-state index in [1.54, 1.807) is 0 Å². The van der Waals surface area contributed by atoms with Gasteiger partial charge in [0.25, 0.3) is 0 Å². The average molecular weight is 264 g/mol. The van der Waals surface area contributed by atoms with Gasteiger partial charge in [-0.3, -0.25) is 9.80 Å². The lowest BCUT2D eigenvalue weighted by Gasteiger charge is -2.49. The molecule has 2 heterocycles. The summed E-state index contributed by atoms with van der Waals surface area (Å²) in [5.41, 5.74) is 0. The summed E-state index contributed by atoms with van der Waals surface area (Å²) in [6.45, 7) is 10.4. The fourth-order valence-corrected chi connectivity index (χ4v) is 4.63. The Kier molecular flexibility index (Phi) is 4.48. The Balaban J connectivity index is 1.57. The van der Waals surface area contributed by atoms with E-state index in [4.69, 9.17) is 0 Å². The van der Waals surface area contributed by atoms with Crippen LogP contribution in [0.4, 0.5) is 0 Å². The van der Waals surface area contributed by atoms with Gasteiger partial charge in [-0.25, -0.2) is 0 Å². The Labute approximate surface area is 119 Å². The molecule has 0 aromatic heterocycles. The van der Waals surface area contributed by atoms with Crippen LogP contribution < -0.4 is 0 Å². The van der Waals surface area contributed by atoms with Gasteiger partial charge in [-0.15, -0.1) is 0 Å². The summed E-state index contributed by atoms with van der Waals surface area (Å²) in [5, 5.41) is 0. The number of piperidine rings is 1. The van der Waals surface area contributed by atoms with Gasteiger partial charge in [0, 0.05) is 31.7 Å². The van der Waals surface area contributed by atoms with Gasteiger partial charge < -0.3 is 0 Å². The molecule has 3 aliphatic rings. The van der Waals surface area contributed by atoms with Crippen LogP contribution in [0, 0.1) is 11.8 Å².